The maximum Gasteiger partial charge on any atom is 0.338 e. The van der Waals surface area contributed by atoms with Gasteiger partial charge in [0, 0.05) is 0 Å². The van der Waals surface area contributed by atoms with Gasteiger partial charge in [-0.1, -0.05) is 55.5 Å². The van der Waals surface area contributed by atoms with Gasteiger partial charge in [0.2, 0.25) is 11.8 Å². The summed E-state index contributed by atoms with van der Waals surface area (Å²) in [5.74, 6) is -2.98. The number of nitrogens with zero attached hydrogens (tertiary/aromatic N) is 1. The number of carbonyl (C=O) groups excluding carboxylic acids is 3. The molecule has 2 bridgehead atoms. The summed E-state index contributed by atoms with van der Waals surface area (Å²) in [6.07, 6.45) is 0.717. The predicted molar refractivity (Wildman–Crippen MR) is 133 cm³/mol. The minimum atomic E-state index is -1.22. The van der Waals surface area contributed by atoms with Crippen LogP contribution in [0, 0.1) is 11.8 Å². The molecule has 2 amide bonds. The average molecular weight is 506 g/mol. The van der Waals surface area contributed by atoms with Crippen LogP contribution < -0.4 is 4.90 Å². The summed E-state index contributed by atoms with van der Waals surface area (Å²) in [4.78, 5) is 38.8. The van der Waals surface area contributed by atoms with Crippen LogP contribution >= 0.6 is 23.2 Å². The maximum absolute atomic E-state index is 13.9. The van der Waals surface area contributed by atoms with Crippen LogP contribution in [0.2, 0.25) is 0 Å². The van der Waals surface area contributed by atoms with E-state index in [9.17, 15) is 14.4 Å². The minimum absolute atomic E-state index is 0.323. The Morgan fingerprint density at radius 3 is 1.63 bits per heavy atom. The molecule has 7 heteroatoms. The largest absolute Gasteiger partial charge is 0.462 e. The Bertz CT molecular complexity index is 1280. The summed E-state index contributed by atoms with van der Waals surface area (Å²) < 4.78 is 5.18. The summed E-state index contributed by atoms with van der Waals surface area (Å²) >= 11 is 14.9. The fraction of sp³-hybridized carbons (Fsp3) is 0.250. The van der Waals surface area contributed by atoms with Gasteiger partial charge in [-0.3, -0.25) is 9.59 Å². The van der Waals surface area contributed by atoms with E-state index in [1.807, 2.05) is 55.5 Å². The van der Waals surface area contributed by atoms with Crippen molar-refractivity contribution in [2.24, 2.45) is 11.8 Å². The number of hydrogen-bond donors (Lipinski definition) is 0. The first-order chi connectivity index (χ1) is 16.8. The summed E-state index contributed by atoms with van der Waals surface area (Å²) in [5.41, 5.74) is 3.75. The van der Waals surface area contributed by atoms with Gasteiger partial charge < -0.3 is 4.74 Å². The highest BCUT2D eigenvalue weighted by molar-refractivity contribution is 6.38. The fourth-order valence-electron chi connectivity index (χ4n) is 5.95. The second-order valence-electron chi connectivity index (χ2n) is 9.16. The van der Waals surface area contributed by atoms with Crippen molar-refractivity contribution in [1.29, 1.82) is 0 Å². The zero-order chi connectivity index (χ0) is 24.5. The Morgan fingerprint density at radius 2 is 1.23 bits per heavy atom. The molecule has 1 fully saturated rings. The first kappa shape index (κ1) is 22.3. The quantitative estimate of drug-likeness (QED) is 0.272. The van der Waals surface area contributed by atoms with Crippen LogP contribution in [0.1, 0.15) is 46.0 Å². The van der Waals surface area contributed by atoms with Gasteiger partial charge in [0.25, 0.3) is 0 Å². The van der Waals surface area contributed by atoms with Crippen LogP contribution in [0.4, 0.5) is 5.69 Å². The zero-order valence-electron chi connectivity index (χ0n) is 18.8. The van der Waals surface area contributed by atoms with Crippen LogP contribution in [0.25, 0.3) is 0 Å². The summed E-state index contributed by atoms with van der Waals surface area (Å²) in [6, 6.07) is 21.3. The number of hydrogen-bond acceptors (Lipinski definition) is 4. The van der Waals surface area contributed by atoms with Gasteiger partial charge in [0.05, 0.1) is 29.7 Å². The summed E-state index contributed by atoms with van der Waals surface area (Å²) in [6.45, 7) is 2.24. The van der Waals surface area contributed by atoms with Gasteiger partial charge in [-0.2, -0.15) is 0 Å². The fourth-order valence-corrected chi connectivity index (χ4v) is 7.04. The maximum atomic E-state index is 13.9. The number of alkyl halides is 2. The zero-order valence-corrected chi connectivity index (χ0v) is 20.3. The highest BCUT2D eigenvalue weighted by Crippen LogP contribution is 2.69. The normalized spacial score (nSPS) is 27.9. The molecule has 7 rings (SSSR count). The van der Waals surface area contributed by atoms with Crippen molar-refractivity contribution >= 4 is 46.7 Å². The molecule has 0 aromatic heterocycles. The number of rotatable bonds is 4. The van der Waals surface area contributed by atoms with E-state index in [1.54, 1.807) is 24.3 Å². The minimum Gasteiger partial charge on any atom is -0.462 e. The third kappa shape index (κ3) is 2.74. The van der Waals surface area contributed by atoms with E-state index >= 15 is 0 Å². The Morgan fingerprint density at radius 1 is 0.800 bits per heavy atom. The lowest BCUT2D eigenvalue weighted by atomic mass is 9.54. The number of amides is 2. The highest BCUT2D eigenvalue weighted by atomic mass is 35.5. The molecule has 3 aromatic rings. The van der Waals surface area contributed by atoms with Crippen molar-refractivity contribution in [2.45, 2.75) is 23.1 Å². The lowest BCUT2D eigenvalue weighted by molar-refractivity contribution is -0.122. The van der Waals surface area contributed by atoms with E-state index in [0.717, 1.165) is 22.3 Å². The molecular weight excluding hydrogens is 485 g/mol. The summed E-state index contributed by atoms with van der Waals surface area (Å²) in [5, 5.41) is 0. The number of benzene rings is 3. The van der Waals surface area contributed by atoms with E-state index in [2.05, 4.69) is 0 Å². The Labute approximate surface area is 212 Å². The van der Waals surface area contributed by atoms with Crippen LogP contribution in [0.5, 0.6) is 0 Å². The van der Waals surface area contributed by atoms with Gasteiger partial charge in [-0.15, -0.1) is 23.2 Å². The van der Waals surface area contributed by atoms with Crippen molar-refractivity contribution in [3.63, 3.8) is 0 Å². The molecule has 2 atom stereocenters. The highest BCUT2D eigenvalue weighted by Gasteiger charge is 2.73. The Hall–Kier alpha value is -3.15. The van der Waals surface area contributed by atoms with Crippen LogP contribution in [-0.2, 0) is 24.1 Å². The molecular formula is C28H21Cl2NO4. The second-order valence-corrected chi connectivity index (χ2v) is 10.4. The standard InChI is InChI=1S/C28H21Cl2NO4/c1-2-15-35-26(34)16-11-13-17(14-12-16)31-24(32)22-23(25(31)33)28(30)19-8-4-3-7-18(19)27(22,29)20-9-5-6-10-21(20)28/h3-14,22-23H,2,15H2,1H3/t22-,23-,27?,28?/m1/s1. The van der Waals surface area contributed by atoms with E-state index in [1.165, 1.54) is 4.90 Å². The van der Waals surface area contributed by atoms with E-state index < -0.39 is 39.4 Å². The lowest BCUT2D eigenvalue weighted by Crippen LogP contribution is -2.57. The van der Waals surface area contributed by atoms with E-state index in [-0.39, 0.29) is 0 Å². The molecule has 1 saturated heterocycles. The molecule has 0 radical (unpaired) electrons. The third-order valence-electron chi connectivity index (χ3n) is 7.38. The van der Waals surface area contributed by atoms with Gasteiger partial charge >= 0.3 is 5.97 Å². The number of imide groups is 1. The first-order valence-electron chi connectivity index (χ1n) is 11.6. The molecule has 0 N–H and O–H groups in total. The molecule has 4 aliphatic rings. The number of ether oxygens (including phenoxy) is 1. The first-order valence-corrected chi connectivity index (χ1v) is 12.3. The molecule has 1 heterocycles. The number of anilines is 1. The smallest absolute Gasteiger partial charge is 0.338 e. The predicted octanol–water partition coefficient (Wildman–Crippen LogP) is 5.35. The van der Waals surface area contributed by atoms with Gasteiger partial charge in [-0.05, 0) is 52.9 Å². The van der Waals surface area contributed by atoms with Crippen LogP contribution in [-0.4, -0.2) is 24.4 Å². The molecule has 0 saturated carbocycles. The number of carbonyl (C=O) groups is 3. The molecule has 176 valence electrons. The molecule has 0 unspecified atom stereocenters. The molecule has 1 aliphatic heterocycles. The van der Waals surface area contributed by atoms with Crippen molar-refractivity contribution < 1.29 is 19.1 Å². The van der Waals surface area contributed by atoms with Crippen molar-refractivity contribution in [2.75, 3.05) is 11.5 Å². The second kappa shape index (κ2) is 7.67. The molecule has 35 heavy (non-hydrogen) atoms. The molecule has 0 spiro atoms. The van der Waals surface area contributed by atoms with Crippen LogP contribution in [0.3, 0.4) is 0 Å². The number of halogens is 2. The SMILES string of the molecule is CCCOC(=O)c1ccc(N2C(=O)[C@H]3[C@H](C2=O)C2(Cl)c4ccccc4C3(Cl)c3ccccc32)cc1. The third-order valence-corrected chi connectivity index (χ3v) is 8.67. The van der Waals surface area contributed by atoms with Crippen molar-refractivity contribution in [1.82, 2.24) is 0 Å². The average Bonchev–Trinajstić information content (AvgIpc) is 3.17. The van der Waals surface area contributed by atoms with E-state index in [0.29, 0.717) is 24.3 Å². The van der Waals surface area contributed by atoms with Gasteiger partial charge in [-0.25, -0.2) is 9.69 Å². The molecule has 5 nitrogen and oxygen atoms in total. The van der Waals surface area contributed by atoms with Gasteiger partial charge in [0.15, 0.2) is 0 Å². The Kier molecular flexibility index (Phi) is 4.89. The molecule has 3 aromatic carbocycles. The number of esters is 1. The van der Waals surface area contributed by atoms with E-state index in [4.69, 9.17) is 27.9 Å². The van der Waals surface area contributed by atoms with Crippen LogP contribution in [0.15, 0.2) is 72.8 Å². The monoisotopic (exact) mass is 505 g/mol. The summed E-state index contributed by atoms with van der Waals surface area (Å²) in [7, 11) is 0. The van der Waals surface area contributed by atoms with Crippen molar-refractivity contribution in [3.05, 3.63) is 101 Å². The van der Waals surface area contributed by atoms with Crippen molar-refractivity contribution in [3.8, 4) is 0 Å². The lowest BCUT2D eigenvalue weighted by Gasteiger charge is -2.54. The molecule has 3 aliphatic carbocycles. The van der Waals surface area contributed by atoms with Gasteiger partial charge in [0.1, 0.15) is 9.75 Å². The Balaban J connectivity index is 1.47. The topological polar surface area (TPSA) is 63.7 Å².